The second-order valence-corrected chi connectivity index (χ2v) is 23.5. The summed E-state index contributed by atoms with van der Waals surface area (Å²) in [4.78, 5) is 79.0. The molecule has 0 bridgehead atoms. The van der Waals surface area contributed by atoms with Crippen molar-refractivity contribution in [3.63, 3.8) is 0 Å². The number of aldehydes is 3. The van der Waals surface area contributed by atoms with Crippen LogP contribution in [0.25, 0.3) is 64.5 Å². The topological polar surface area (TPSA) is 231 Å². The summed E-state index contributed by atoms with van der Waals surface area (Å²) in [7, 11) is 4.14. The van der Waals surface area contributed by atoms with Crippen molar-refractivity contribution in [2.45, 2.75) is 84.3 Å². The lowest BCUT2D eigenvalue weighted by Gasteiger charge is -2.30. The molecule has 18 heteroatoms. The third kappa shape index (κ3) is 15.9. The van der Waals surface area contributed by atoms with Gasteiger partial charge in [-0.3, -0.25) is 28.8 Å². The van der Waals surface area contributed by atoms with Gasteiger partial charge in [0.1, 0.15) is 23.0 Å². The Morgan fingerprint density at radius 1 is 0.540 bits per heavy atom. The molecule has 3 unspecified atom stereocenters. The molecule has 3 atom stereocenters. The fraction of sp³-hybridized carbons (Fsp3) is 0.304. The van der Waals surface area contributed by atoms with Crippen LogP contribution in [-0.2, 0) is 0 Å². The minimum absolute atomic E-state index is 0.0151. The Balaban J connectivity index is 0.000000164. The van der Waals surface area contributed by atoms with E-state index in [0.717, 1.165) is 106 Å². The standard InChI is InChI=1S/C22H22N2O4.C22H22N2O3S.C21H20N2O3S.2C2H6/c25-13-18-17-6-4-15(11-14(17)5-7-19(18)26)20-8-9-21(28-20)22(27)24-12-16-3-1-2-10-23-16;1-24-10-2-3-16(12-24)23-22(27)21-9-8-20(28-21)15-4-6-17-14(11-15)5-7-19(26)18(17)13-25;1-23-9-8-15(11-23)22-21(26)20-7-6-19(27-20)14-2-4-16-13(10-14)3-5-18(25)17(16)12-24;2*1-2/h4-9,11,13,16,23,26H,1-3,10,12H2,(H,24,27);4-9,11,13,16,26H,2-3,10,12H2,1H3,(H,23,27);2-7,10,12,15,25H,8-9,11H2,1H3,(H,22,26);2*1-2H3. The van der Waals surface area contributed by atoms with Gasteiger partial charge in [0, 0.05) is 53.1 Å². The van der Waals surface area contributed by atoms with E-state index in [0.29, 0.717) is 68.9 Å². The second kappa shape index (κ2) is 30.7. The summed E-state index contributed by atoms with van der Waals surface area (Å²) in [6.07, 6.45) is 8.54. The van der Waals surface area contributed by atoms with Crippen molar-refractivity contribution in [3.8, 4) is 49.5 Å². The number of likely N-dealkylation sites (tertiary alicyclic amines) is 2. The van der Waals surface area contributed by atoms with Crippen molar-refractivity contribution in [2.75, 3.05) is 53.4 Å². The Bertz CT molecular complexity index is 3880. The third-order valence-electron chi connectivity index (χ3n) is 15.4. The fourth-order valence-electron chi connectivity index (χ4n) is 11.0. The van der Waals surface area contributed by atoms with Gasteiger partial charge in [0.25, 0.3) is 17.7 Å². The first-order valence-corrected chi connectivity index (χ1v) is 31.3. The number of benzene rings is 6. The van der Waals surface area contributed by atoms with Crippen LogP contribution in [0.5, 0.6) is 17.2 Å². The Kier molecular flexibility index (Phi) is 22.8. The number of phenols is 3. The average molecular weight is 1210 g/mol. The molecule has 0 saturated carbocycles. The number of aromatic hydroxyl groups is 3. The molecule has 87 heavy (non-hydrogen) atoms. The number of nitrogens with one attached hydrogen (secondary N) is 4. The zero-order valence-corrected chi connectivity index (χ0v) is 51.6. The van der Waals surface area contributed by atoms with E-state index >= 15 is 0 Å². The van der Waals surface area contributed by atoms with Crippen molar-refractivity contribution in [3.05, 3.63) is 160 Å². The number of carbonyl (C=O) groups is 6. The number of piperidine rings is 2. The van der Waals surface area contributed by atoms with E-state index in [4.69, 9.17) is 4.42 Å². The number of fused-ring (bicyclic) bond motifs is 3. The van der Waals surface area contributed by atoms with Gasteiger partial charge in [-0.25, -0.2) is 0 Å². The highest BCUT2D eigenvalue weighted by atomic mass is 32.1. The van der Waals surface area contributed by atoms with Crippen LogP contribution >= 0.6 is 22.7 Å². The van der Waals surface area contributed by atoms with Gasteiger partial charge in [0.2, 0.25) is 0 Å². The number of hydrogen-bond donors (Lipinski definition) is 7. The van der Waals surface area contributed by atoms with Gasteiger partial charge in [-0.15, -0.1) is 22.7 Å². The molecular weight excluding hydrogens is 1140 g/mol. The number of thiophene rings is 2. The summed E-state index contributed by atoms with van der Waals surface area (Å²) >= 11 is 2.92. The van der Waals surface area contributed by atoms with Gasteiger partial charge in [-0.1, -0.05) is 88.7 Å². The van der Waals surface area contributed by atoms with Crippen LogP contribution in [0.15, 0.2) is 132 Å². The lowest BCUT2D eigenvalue weighted by molar-refractivity contribution is 0.0910. The van der Waals surface area contributed by atoms with E-state index in [1.165, 1.54) is 53.7 Å². The Hall–Kier alpha value is -8.52. The highest BCUT2D eigenvalue weighted by molar-refractivity contribution is 7.17. The zero-order chi connectivity index (χ0) is 62.1. The Labute approximate surface area is 515 Å². The number of hydrogen-bond acceptors (Lipinski definition) is 15. The second-order valence-electron chi connectivity index (χ2n) is 21.3. The first kappa shape index (κ1) is 64.5. The van der Waals surface area contributed by atoms with Gasteiger partial charge < -0.3 is 50.8 Å². The van der Waals surface area contributed by atoms with Crippen molar-refractivity contribution < 1.29 is 48.5 Å². The molecule has 3 fully saturated rings. The highest BCUT2D eigenvalue weighted by Gasteiger charge is 2.24. The lowest BCUT2D eigenvalue weighted by atomic mass is 10.0. The SMILES string of the molecule is CC.CC.CN1CCC(NC(=O)c2ccc(-c3ccc4c(C=O)c(O)ccc4c3)s2)C1.CN1CCCC(NC(=O)c2ccc(-c3ccc4c(C=O)c(O)ccc4c3)s2)C1.O=Cc1c(O)ccc2cc(-c3ccc(C(=O)NCC4CCCCN4)o3)ccc12. The molecule has 0 spiro atoms. The molecule has 3 aliphatic rings. The average Bonchev–Trinajstić information content (AvgIpc) is 4.46. The lowest BCUT2D eigenvalue weighted by Crippen LogP contribution is -2.46. The molecule has 3 amide bonds. The number of likely N-dealkylation sites (N-methyl/N-ethyl adjacent to an activating group) is 2. The Morgan fingerprint density at radius 2 is 1.01 bits per heavy atom. The molecule has 3 aromatic heterocycles. The zero-order valence-electron chi connectivity index (χ0n) is 50.0. The van der Waals surface area contributed by atoms with E-state index in [1.54, 1.807) is 42.5 Å². The van der Waals surface area contributed by atoms with E-state index in [1.807, 2.05) is 94.4 Å². The molecule has 6 heterocycles. The number of amides is 3. The first-order valence-electron chi connectivity index (χ1n) is 29.7. The predicted octanol–water partition coefficient (Wildman–Crippen LogP) is 13.0. The maximum atomic E-state index is 12.6. The van der Waals surface area contributed by atoms with Crippen LogP contribution in [-0.4, -0.2) is 133 Å². The molecular formula is C69H76N6O10S2. The smallest absolute Gasteiger partial charge is 0.287 e. The monoisotopic (exact) mass is 1210 g/mol. The molecule has 454 valence electrons. The molecule has 16 nitrogen and oxygen atoms in total. The number of nitrogens with zero attached hydrogens (tertiary/aromatic N) is 2. The predicted molar refractivity (Wildman–Crippen MR) is 349 cm³/mol. The molecule has 12 rings (SSSR count). The fourth-order valence-corrected chi connectivity index (χ4v) is 12.8. The van der Waals surface area contributed by atoms with Crippen LogP contribution in [0.1, 0.15) is 127 Å². The first-order chi connectivity index (χ1) is 42.2. The summed E-state index contributed by atoms with van der Waals surface area (Å²) < 4.78 is 5.75. The van der Waals surface area contributed by atoms with Crippen LogP contribution in [0, 0.1) is 0 Å². The number of phenolic OH excluding ortho intramolecular Hbond substituents is 3. The van der Waals surface area contributed by atoms with E-state index in [9.17, 15) is 44.1 Å². The van der Waals surface area contributed by atoms with Gasteiger partial charge >= 0.3 is 0 Å². The number of carbonyl (C=O) groups excluding carboxylic acids is 6. The normalized spacial score (nSPS) is 16.6. The molecule has 9 aromatic rings. The largest absolute Gasteiger partial charge is 0.507 e. The van der Waals surface area contributed by atoms with E-state index in [-0.39, 0.29) is 58.4 Å². The van der Waals surface area contributed by atoms with E-state index < -0.39 is 0 Å². The molecule has 6 aromatic carbocycles. The molecule has 3 aliphatic heterocycles. The summed E-state index contributed by atoms with van der Waals surface area (Å²) in [5.41, 5.74) is 3.62. The van der Waals surface area contributed by atoms with Gasteiger partial charge in [0.15, 0.2) is 24.6 Å². The summed E-state index contributed by atoms with van der Waals surface area (Å²) in [6, 6.07) is 38.5. The minimum Gasteiger partial charge on any atom is -0.507 e. The van der Waals surface area contributed by atoms with Crippen molar-refractivity contribution in [1.82, 2.24) is 31.1 Å². The summed E-state index contributed by atoms with van der Waals surface area (Å²) in [5, 5.41) is 46.7. The molecule has 0 radical (unpaired) electrons. The summed E-state index contributed by atoms with van der Waals surface area (Å²) in [5.74, 6) is 0.489. The molecule has 0 aliphatic carbocycles. The number of rotatable bonds is 13. The quantitative estimate of drug-likeness (QED) is 0.0533. The van der Waals surface area contributed by atoms with Crippen LogP contribution in [0.4, 0.5) is 0 Å². The minimum atomic E-state index is -0.229. The Morgan fingerprint density at radius 3 is 1.46 bits per heavy atom. The van der Waals surface area contributed by atoms with Crippen LogP contribution in [0.2, 0.25) is 0 Å². The van der Waals surface area contributed by atoms with Gasteiger partial charge in [-0.05, 0) is 182 Å². The molecule has 7 N–H and O–H groups in total. The maximum absolute atomic E-state index is 12.6. The maximum Gasteiger partial charge on any atom is 0.287 e. The third-order valence-corrected chi connectivity index (χ3v) is 17.7. The van der Waals surface area contributed by atoms with Crippen molar-refractivity contribution >= 4 is 91.6 Å². The van der Waals surface area contributed by atoms with Gasteiger partial charge in [0.05, 0.1) is 26.4 Å². The van der Waals surface area contributed by atoms with E-state index in [2.05, 4.69) is 45.2 Å². The molecule has 3 saturated heterocycles. The van der Waals surface area contributed by atoms with Crippen LogP contribution in [0.3, 0.4) is 0 Å². The van der Waals surface area contributed by atoms with Crippen LogP contribution < -0.4 is 21.3 Å². The van der Waals surface area contributed by atoms with Crippen molar-refractivity contribution in [2.24, 2.45) is 0 Å². The highest BCUT2D eigenvalue weighted by Crippen LogP contribution is 2.36. The van der Waals surface area contributed by atoms with Gasteiger partial charge in [-0.2, -0.15) is 0 Å². The van der Waals surface area contributed by atoms with Crippen molar-refractivity contribution in [1.29, 1.82) is 0 Å². The summed E-state index contributed by atoms with van der Waals surface area (Å²) in [6.45, 7) is 13.5. The number of furan rings is 1.